The van der Waals surface area contributed by atoms with Crippen LogP contribution in [-0.2, 0) is 4.79 Å². The number of nitrogens with zero attached hydrogens (tertiary/aromatic N) is 5. The molecule has 0 fully saturated rings. The second kappa shape index (κ2) is 7.70. The van der Waals surface area contributed by atoms with Crippen molar-refractivity contribution in [2.75, 3.05) is 11.1 Å². The molecule has 0 aliphatic heterocycles. The molecular weight excluding hydrogens is 363 g/mol. The zero-order valence-corrected chi connectivity index (χ0v) is 13.9. The zero-order valence-electron chi connectivity index (χ0n) is 13.1. The van der Waals surface area contributed by atoms with Crippen LogP contribution in [0.2, 0.25) is 0 Å². The molecule has 0 saturated carbocycles. The molecule has 0 aliphatic carbocycles. The number of nitrogens with one attached hydrogen (secondary N) is 1. The third-order valence-electron chi connectivity index (χ3n) is 3.21. The lowest BCUT2D eigenvalue weighted by molar-refractivity contribution is -0.384. The molecule has 0 unspecified atom stereocenters. The van der Waals surface area contributed by atoms with E-state index in [2.05, 4.69) is 20.8 Å². The Balaban J connectivity index is 1.61. The summed E-state index contributed by atoms with van der Waals surface area (Å²) >= 11 is 1.10. The van der Waals surface area contributed by atoms with E-state index in [0.717, 1.165) is 11.8 Å². The number of rotatable bonds is 6. The van der Waals surface area contributed by atoms with E-state index in [9.17, 15) is 19.3 Å². The van der Waals surface area contributed by atoms with E-state index in [4.69, 9.17) is 0 Å². The molecule has 0 atom stereocenters. The number of amides is 1. The number of hydrogen-bond acceptors (Lipinski definition) is 7. The van der Waals surface area contributed by atoms with Crippen LogP contribution in [0.15, 0.2) is 53.7 Å². The molecule has 0 saturated heterocycles. The summed E-state index contributed by atoms with van der Waals surface area (Å²) in [4.78, 5) is 22.1. The van der Waals surface area contributed by atoms with Crippen molar-refractivity contribution in [3.05, 3.63) is 64.5 Å². The summed E-state index contributed by atoms with van der Waals surface area (Å²) in [5.74, 6) is -0.672. The van der Waals surface area contributed by atoms with Crippen LogP contribution >= 0.6 is 11.8 Å². The molecule has 0 bridgehead atoms. The number of tetrazole rings is 1. The molecule has 2 aromatic carbocycles. The first-order valence-electron chi connectivity index (χ1n) is 7.24. The average molecular weight is 374 g/mol. The first-order chi connectivity index (χ1) is 12.5. The van der Waals surface area contributed by atoms with Crippen molar-refractivity contribution < 1.29 is 14.1 Å². The lowest BCUT2D eigenvalue weighted by atomic mass is 10.3. The van der Waals surface area contributed by atoms with Crippen molar-refractivity contribution in [3.8, 4) is 5.69 Å². The molecule has 132 valence electrons. The summed E-state index contributed by atoms with van der Waals surface area (Å²) < 4.78 is 14.4. The van der Waals surface area contributed by atoms with Gasteiger partial charge in [0, 0.05) is 17.8 Å². The van der Waals surface area contributed by atoms with Crippen molar-refractivity contribution in [2.45, 2.75) is 5.16 Å². The van der Waals surface area contributed by atoms with E-state index >= 15 is 0 Å². The predicted octanol–water partition coefficient (Wildman–Crippen LogP) is 2.44. The number of carbonyl (C=O) groups excluding carboxylic acids is 1. The fourth-order valence-corrected chi connectivity index (χ4v) is 2.70. The van der Waals surface area contributed by atoms with Crippen LogP contribution < -0.4 is 5.32 Å². The van der Waals surface area contributed by atoms with E-state index in [1.807, 2.05) is 0 Å². The monoisotopic (exact) mass is 374 g/mol. The van der Waals surface area contributed by atoms with Crippen molar-refractivity contribution in [1.29, 1.82) is 0 Å². The Bertz CT molecular complexity index is 929. The number of hydrogen-bond donors (Lipinski definition) is 1. The van der Waals surface area contributed by atoms with Crippen LogP contribution in [0, 0.1) is 15.9 Å². The molecule has 1 N–H and O–H groups in total. The maximum atomic E-state index is 13.0. The predicted molar refractivity (Wildman–Crippen MR) is 91.6 cm³/mol. The van der Waals surface area contributed by atoms with Gasteiger partial charge in [-0.15, -0.1) is 5.10 Å². The lowest BCUT2D eigenvalue weighted by Crippen LogP contribution is -2.14. The quantitative estimate of drug-likeness (QED) is 0.400. The molecule has 9 nitrogen and oxygen atoms in total. The second-order valence-corrected chi connectivity index (χ2v) is 5.93. The Morgan fingerprint density at radius 1 is 1.19 bits per heavy atom. The van der Waals surface area contributed by atoms with Crippen molar-refractivity contribution >= 4 is 29.0 Å². The number of nitro benzene ring substituents is 1. The largest absolute Gasteiger partial charge is 0.325 e. The highest BCUT2D eigenvalue weighted by atomic mass is 32.2. The van der Waals surface area contributed by atoms with Crippen LogP contribution in [0.4, 0.5) is 15.8 Å². The van der Waals surface area contributed by atoms with Crippen LogP contribution in [0.5, 0.6) is 0 Å². The fourth-order valence-electron chi connectivity index (χ4n) is 2.01. The zero-order chi connectivity index (χ0) is 18.5. The van der Waals surface area contributed by atoms with Gasteiger partial charge in [-0.2, -0.15) is 4.68 Å². The highest BCUT2D eigenvalue weighted by Crippen LogP contribution is 2.19. The van der Waals surface area contributed by atoms with Gasteiger partial charge < -0.3 is 5.32 Å². The lowest BCUT2D eigenvalue weighted by Gasteiger charge is -2.06. The molecule has 26 heavy (non-hydrogen) atoms. The van der Waals surface area contributed by atoms with E-state index in [-0.39, 0.29) is 23.2 Å². The summed E-state index contributed by atoms with van der Waals surface area (Å²) in [5.41, 5.74) is 0.949. The van der Waals surface area contributed by atoms with Gasteiger partial charge in [0.1, 0.15) is 5.82 Å². The van der Waals surface area contributed by atoms with Gasteiger partial charge in [0.05, 0.1) is 16.4 Å². The number of carbonyl (C=O) groups is 1. The molecular formula is C15H11FN6O3S. The maximum Gasteiger partial charge on any atom is 0.269 e. The van der Waals surface area contributed by atoms with Gasteiger partial charge in [-0.1, -0.05) is 11.8 Å². The van der Waals surface area contributed by atoms with Crippen LogP contribution in [0.1, 0.15) is 0 Å². The summed E-state index contributed by atoms with van der Waals surface area (Å²) in [6.45, 7) is 0. The molecule has 3 rings (SSSR count). The van der Waals surface area contributed by atoms with Crippen molar-refractivity contribution in [3.63, 3.8) is 0 Å². The topological polar surface area (TPSA) is 116 Å². The third-order valence-corrected chi connectivity index (χ3v) is 4.13. The maximum absolute atomic E-state index is 13.0. The van der Waals surface area contributed by atoms with Crippen LogP contribution in [0.25, 0.3) is 5.69 Å². The number of benzene rings is 2. The Morgan fingerprint density at radius 3 is 2.54 bits per heavy atom. The molecule has 3 aromatic rings. The number of aromatic nitrogens is 4. The Morgan fingerprint density at radius 2 is 1.88 bits per heavy atom. The first-order valence-corrected chi connectivity index (χ1v) is 8.23. The Labute approximate surface area is 150 Å². The standard InChI is InChI=1S/C15H11FN6O3S/c16-10-1-5-12(6-2-10)21-15(18-19-20-21)26-9-14(23)17-11-3-7-13(8-4-11)22(24)25/h1-8H,9H2,(H,17,23). The van der Waals surface area contributed by atoms with Gasteiger partial charge in [-0.25, -0.2) is 4.39 Å². The minimum Gasteiger partial charge on any atom is -0.325 e. The second-order valence-electron chi connectivity index (χ2n) is 4.99. The van der Waals surface area contributed by atoms with E-state index in [0.29, 0.717) is 16.5 Å². The number of non-ortho nitro benzene ring substituents is 1. The normalized spacial score (nSPS) is 10.5. The van der Waals surface area contributed by atoms with E-state index < -0.39 is 4.92 Å². The SMILES string of the molecule is O=C(CSc1nnnn1-c1ccc(F)cc1)Nc1ccc([N+](=O)[O-])cc1. The minimum absolute atomic E-state index is 0.0263. The minimum atomic E-state index is -0.517. The summed E-state index contributed by atoms with van der Waals surface area (Å²) in [7, 11) is 0. The summed E-state index contributed by atoms with van der Waals surface area (Å²) in [6.07, 6.45) is 0. The van der Waals surface area contributed by atoms with Gasteiger partial charge in [-0.3, -0.25) is 14.9 Å². The summed E-state index contributed by atoms with van der Waals surface area (Å²) in [5, 5.41) is 24.8. The van der Waals surface area contributed by atoms with Gasteiger partial charge >= 0.3 is 0 Å². The molecule has 0 radical (unpaired) electrons. The molecule has 1 aromatic heterocycles. The van der Waals surface area contributed by atoms with Crippen molar-refractivity contribution in [1.82, 2.24) is 20.2 Å². The van der Waals surface area contributed by atoms with E-state index in [1.165, 1.54) is 53.2 Å². The van der Waals surface area contributed by atoms with E-state index in [1.54, 1.807) is 0 Å². The third kappa shape index (κ3) is 4.19. The molecule has 1 heterocycles. The van der Waals surface area contributed by atoms with Crippen LogP contribution in [0.3, 0.4) is 0 Å². The number of thioether (sulfide) groups is 1. The molecule has 11 heteroatoms. The first kappa shape index (κ1) is 17.5. The van der Waals surface area contributed by atoms with Crippen LogP contribution in [-0.4, -0.2) is 36.8 Å². The van der Waals surface area contributed by atoms with Crippen molar-refractivity contribution in [2.24, 2.45) is 0 Å². The van der Waals surface area contributed by atoms with Gasteiger partial charge in [0.2, 0.25) is 11.1 Å². The van der Waals surface area contributed by atoms with Gasteiger partial charge in [0.25, 0.3) is 5.69 Å². The fraction of sp³-hybridized carbons (Fsp3) is 0.0667. The van der Waals surface area contributed by atoms with Gasteiger partial charge in [0.15, 0.2) is 0 Å². The smallest absolute Gasteiger partial charge is 0.269 e. The number of nitro groups is 1. The number of halogens is 1. The molecule has 1 amide bonds. The Hall–Kier alpha value is -3.34. The molecule has 0 aliphatic rings. The van der Waals surface area contributed by atoms with Gasteiger partial charge in [-0.05, 0) is 46.8 Å². The number of anilines is 1. The summed E-state index contributed by atoms with van der Waals surface area (Å²) in [6, 6.07) is 11.1. The average Bonchev–Trinajstić information content (AvgIpc) is 3.09. The molecule has 0 spiro atoms. The highest BCUT2D eigenvalue weighted by molar-refractivity contribution is 7.99. The Kier molecular flexibility index (Phi) is 5.17. The highest BCUT2D eigenvalue weighted by Gasteiger charge is 2.12.